The van der Waals surface area contributed by atoms with Gasteiger partial charge in [0.25, 0.3) is 0 Å². The van der Waals surface area contributed by atoms with Gasteiger partial charge in [0.05, 0.1) is 14.2 Å². The highest BCUT2D eigenvalue weighted by Gasteiger charge is 2.37. The molecule has 1 aromatic carbocycles. The van der Waals surface area contributed by atoms with Gasteiger partial charge in [0, 0.05) is 6.42 Å². The van der Waals surface area contributed by atoms with Crippen LogP contribution in [0.4, 0.5) is 4.79 Å². The number of nitrogens with one attached hydrogen (secondary N) is 1. The summed E-state index contributed by atoms with van der Waals surface area (Å²) >= 11 is 0. The van der Waals surface area contributed by atoms with E-state index in [9.17, 15) is 14.4 Å². The fourth-order valence-electron chi connectivity index (χ4n) is 1.88. The lowest BCUT2D eigenvalue weighted by atomic mass is 10.1. The van der Waals surface area contributed by atoms with Gasteiger partial charge in [-0.1, -0.05) is 18.1 Å². The molecule has 0 aromatic heterocycles. The Bertz CT molecular complexity index is 683. The summed E-state index contributed by atoms with van der Waals surface area (Å²) in [6, 6.07) is 4.19. The highest BCUT2D eigenvalue weighted by atomic mass is 16.7. The first-order valence-corrected chi connectivity index (χ1v) is 6.80. The maximum absolute atomic E-state index is 12.1. The molecule has 122 valence electrons. The van der Waals surface area contributed by atoms with E-state index in [1.807, 2.05) is 0 Å². The van der Waals surface area contributed by atoms with E-state index < -0.39 is 17.9 Å². The first-order chi connectivity index (χ1) is 11.0. The van der Waals surface area contributed by atoms with Crippen LogP contribution in [0, 0.1) is 0 Å². The van der Waals surface area contributed by atoms with Crippen molar-refractivity contribution >= 4 is 24.0 Å². The number of benzene rings is 1. The summed E-state index contributed by atoms with van der Waals surface area (Å²) in [4.78, 5) is 39.7. The van der Waals surface area contributed by atoms with Gasteiger partial charge in [-0.3, -0.25) is 10.1 Å². The van der Waals surface area contributed by atoms with Crippen molar-refractivity contribution in [3.8, 4) is 11.5 Å². The third-order valence-electron chi connectivity index (χ3n) is 3.04. The molecule has 8 heteroatoms. The van der Waals surface area contributed by atoms with Gasteiger partial charge in [-0.05, 0) is 23.8 Å². The fraction of sp³-hybridized carbons (Fsp3) is 0.267. The molecular formula is C15H16N2O6. The predicted molar refractivity (Wildman–Crippen MR) is 79.3 cm³/mol. The lowest BCUT2D eigenvalue weighted by Gasteiger charge is -2.09. The van der Waals surface area contributed by atoms with E-state index in [1.165, 1.54) is 20.3 Å². The van der Waals surface area contributed by atoms with Gasteiger partial charge < -0.3 is 14.3 Å². The van der Waals surface area contributed by atoms with Crippen LogP contribution in [0.5, 0.6) is 11.5 Å². The smallest absolute Gasteiger partial charge is 0.363 e. The van der Waals surface area contributed by atoms with Crippen LogP contribution in [0.25, 0.3) is 6.08 Å². The van der Waals surface area contributed by atoms with E-state index in [1.54, 1.807) is 25.1 Å². The number of carbonyl (C=O) groups is 3. The standard InChI is InChI=1S/C15H16N2O6/c1-4-13(18)23-17-14(19)10(16-15(17)20)7-9-5-6-11(21-2)12(8-9)22-3/h5-8H,4H2,1-3H3,(H,16,20). The number of methoxy groups -OCH3 is 2. The largest absolute Gasteiger partial charge is 0.493 e. The molecule has 1 aliphatic heterocycles. The fourth-order valence-corrected chi connectivity index (χ4v) is 1.88. The Morgan fingerprint density at radius 3 is 2.52 bits per heavy atom. The quantitative estimate of drug-likeness (QED) is 0.652. The van der Waals surface area contributed by atoms with Crippen LogP contribution in [0.3, 0.4) is 0 Å². The summed E-state index contributed by atoms with van der Waals surface area (Å²) in [5.74, 6) is -0.407. The molecule has 1 saturated heterocycles. The van der Waals surface area contributed by atoms with Gasteiger partial charge in [-0.2, -0.15) is 0 Å². The molecule has 0 spiro atoms. The van der Waals surface area contributed by atoms with Crippen LogP contribution in [0.1, 0.15) is 18.9 Å². The minimum atomic E-state index is -0.816. The van der Waals surface area contributed by atoms with Crippen molar-refractivity contribution in [2.75, 3.05) is 14.2 Å². The Morgan fingerprint density at radius 1 is 1.22 bits per heavy atom. The second-order valence-corrected chi connectivity index (χ2v) is 4.52. The summed E-state index contributed by atoms with van der Waals surface area (Å²) in [5, 5.41) is 2.75. The van der Waals surface area contributed by atoms with Crippen molar-refractivity contribution in [3.05, 3.63) is 29.5 Å². The van der Waals surface area contributed by atoms with E-state index in [2.05, 4.69) is 10.2 Å². The normalized spacial score (nSPS) is 15.6. The number of hydrogen-bond acceptors (Lipinski definition) is 6. The van der Waals surface area contributed by atoms with E-state index in [0.717, 1.165) is 0 Å². The van der Waals surface area contributed by atoms with Crippen LogP contribution in [0.2, 0.25) is 0 Å². The van der Waals surface area contributed by atoms with Crippen LogP contribution < -0.4 is 14.8 Å². The number of carbonyl (C=O) groups excluding carboxylic acids is 3. The minimum absolute atomic E-state index is 0.00822. The van der Waals surface area contributed by atoms with E-state index in [4.69, 9.17) is 9.47 Å². The summed E-state index contributed by atoms with van der Waals surface area (Å²) in [6.45, 7) is 1.56. The number of rotatable bonds is 5. The molecule has 3 amide bonds. The first kappa shape index (κ1) is 16.3. The molecule has 1 fully saturated rings. The lowest BCUT2D eigenvalue weighted by molar-refractivity contribution is -0.181. The first-order valence-electron chi connectivity index (χ1n) is 6.80. The van der Waals surface area contributed by atoms with Crippen LogP contribution in [-0.4, -0.2) is 37.2 Å². The van der Waals surface area contributed by atoms with Crippen LogP contribution >= 0.6 is 0 Å². The van der Waals surface area contributed by atoms with Crippen molar-refractivity contribution in [1.82, 2.24) is 10.4 Å². The molecule has 0 atom stereocenters. The van der Waals surface area contributed by atoms with Crippen molar-refractivity contribution < 1.29 is 28.7 Å². The molecule has 1 heterocycles. The average molecular weight is 320 g/mol. The number of amides is 3. The molecule has 1 N–H and O–H groups in total. The number of urea groups is 1. The molecule has 23 heavy (non-hydrogen) atoms. The number of hydrogen-bond donors (Lipinski definition) is 1. The van der Waals surface area contributed by atoms with E-state index >= 15 is 0 Å². The maximum atomic E-state index is 12.1. The topological polar surface area (TPSA) is 94.2 Å². The predicted octanol–water partition coefficient (Wildman–Crippen LogP) is 1.46. The summed E-state index contributed by atoms with van der Waals surface area (Å²) in [5.41, 5.74) is 0.598. The molecule has 8 nitrogen and oxygen atoms in total. The van der Waals surface area contributed by atoms with E-state index in [0.29, 0.717) is 22.1 Å². The zero-order chi connectivity index (χ0) is 17.0. The summed E-state index contributed by atoms with van der Waals surface area (Å²) in [7, 11) is 3.00. The van der Waals surface area contributed by atoms with Crippen molar-refractivity contribution in [2.45, 2.75) is 13.3 Å². The number of ether oxygens (including phenoxy) is 2. The van der Waals surface area contributed by atoms with Crippen molar-refractivity contribution in [3.63, 3.8) is 0 Å². The lowest BCUT2D eigenvalue weighted by Crippen LogP contribution is -2.33. The second-order valence-electron chi connectivity index (χ2n) is 4.52. The maximum Gasteiger partial charge on any atom is 0.363 e. The molecule has 2 rings (SSSR count). The highest BCUT2D eigenvalue weighted by molar-refractivity contribution is 6.13. The number of imide groups is 1. The number of nitrogens with zero attached hydrogens (tertiary/aromatic N) is 1. The Hall–Kier alpha value is -3.03. The molecule has 0 saturated carbocycles. The van der Waals surface area contributed by atoms with Gasteiger partial charge in [-0.15, -0.1) is 0 Å². The molecule has 1 aromatic rings. The highest BCUT2D eigenvalue weighted by Crippen LogP contribution is 2.28. The van der Waals surface area contributed by atoms with Crippen molar-refractivity contribution in [2.24, 2.45) is 0 Å². The summed E-state index contributed by atoms with van der Waals surface area (Å²) in [6.07, 6.45) is 1.49. The molecular weight excluding hydrogens is 304 g/mol. The Kier molecular flexibility index (Phi) is 4.85. The number of hydroxylamine groups is 2. The Labute approximate surface area is 132 Å². The molecule has 0 bridgehead atoms. The van der Waals surface area contributed by atoms with Gasteiger partial charge in [0.15, 0.2) is 11.5 Å². The second kappa shape index (κ2) is 6.82. The van der Waals surface area contributed by atoms with Gasteiger partial charge in [0.2, 0.25) is 0 Å². The van der Waals surface area contributed by atoms with Gasteiger partial charge in [0.1, 0.15) is 5.70 Å². The SMILES string of the molecule is CCC(=O)ON1C(=O)NC(=Cc2ccc(OC)c(OC)c2)C1=O. The Balaban J connectivity index is 2.25. The van der Waals surface area contributed by atoms with Gasteiger partial charge in [-0.25, -0.2) is 9.59 Å². The Morgan fingerprint density at radius 2 is 1.91 bits per heavy atom. The zero-order valence-electron chi connectivity index (χ0n) is 12.9. The third kappa shape index (κ3) is 3.42. The summed E-state index contributed by atoms with van der Waals surface area (Å²) < 4.78 is 10.3. The zero-order valence-corrected chi connectivity index (χ0v) is 12.9. The van der Waals surface area contributed by atoms with Crippen LogP contribution in [0.15, 0.2) is 23.9 Å². The van der Waals surface area contributed by atoms with E-state index in [-0.39, 0.29) is 12.1 Å². The van der Waals surface area contributed by atoms with Crippen molar-refractivity contribution in [1.29, 1.82) is 0 Å². The van der Waals surface area contributed by atoms with Crippen LogP contribution in [-0.2, 0) is 14.4 Å². The minimum Gasteiger partial charge on any atom is -0.493 e. The molecule has 0 aliphatic carbocycles. The third-order valence-corrected chi connectivity index (χ3v) is 3.04. The van der Waals surface area contributed by atoms with Gasteiger partial charge >= 0.3 is 17.9 Å². The molecule has 0 radical (unpaired) electrons. The monoisotopic (exact) mass is 320 g/mol. The average Bonchev–Trinajstić information content (AvgIpc) is 2.82. The molecule has 1 aliphatic rings. The molecule has 0 unspecified atom stereocenters.